The van der Waals surface area contributed by atoms with Crippen LogP contribution < -0.4 is 5.32 Å². The van der Waals surface area contributed by atoms with Gasteiger partial charge in [0, 0.05) is 23.7 Å². The highest BCUT2D eigenvalue weighted by molar-refractivity contribution is 7.12. The highest BCUT2D eigenvalue weighted by atomic mass is 35.5. The number of carbonyl (C=O) groups excluding carboxylic acids is 1. The van der Waals surface area contributed by atoms with Crippen molar-refractivity contribution in [2.24, 2.45) is 0 Å². The lowest BCUT2D eigenvalue weighted by molar-refractivity contribution is 0.102. The van der Waals surface area contributed by atoms with E-state index in [0.29, 0.717) is 16.0 Å². The number of hydrogen-bond donors (Lipinski definition) is 1. The Morgan fingerprint density at radius 2 is 2.39 bits per heavy atom. The molecular weight excluding hydrogens is 272 g/mol. The van der Waals surface area contributed by atoms with Crippen molar-refractivity contribution in [2.75, 3.05) is 5.32 Å². The third-order valence-electron chi connectivity index (χ3n) is 2.83. The number of hydrogen-bond acceptors (Lipinski definition) is 4. The monoisotopic (exact) mass is 282 g/mol. The van der Waals surface area contributed by atoms with Gasteiger partial charge in [0.2, 0.25) is 0 Å². The Kier molecular flexibility index (Phi) is 3.05. The summed E-state index contributed by atoms with van der Waals surface area (Å²) in [6.07, 6.45) is 3.34. The molecule has 1 aliphatic rings. The number of nitrogens with one attached hydrogen (secondary N) is 1. The molecule has 0 aromatic carbocycles. The van der Waals surface area contributed by atoms with Crippen molar-refractivity contribution in [3.05, 3.63) is 27.3 Å². The first kappa shape index (κ1) is 11.7. The first-order valence-electron chi connectivity index (χ1n) is 5.71. The lowest BCUT2D eigenvalue weighted by atomic mass is 10.1. The molecule has 3 rings (SSSR count). The fraction of sp³-hybridized carbons (Fsp3) is 0.364. The van der Waals surface area contributed by atoms with E-state index < -0.39 is 0 Å². The molecule has 2 aromatic rings. The Hall–Kier alpha value is -1.40. The van der Waals surface area contributed by atoms with E-state index in [2.05, 4.69) is 15.4 Å². The average molecular weight is 283 g/mol. The van der Waals surface area contributed by atoms with Gasteiger partial charge in [-0.15, -0.1) is 11.3 Å². The third-order valence-corrected chi connectivity index (χ3v) is 3.99. The Morgan fingerprint density at radius 1 is 1.50 bits per heavy atom. The molecule has 0 saturated heterocycles. The molecule has 0 spiro atoms. The van der Waals surface area contributed by atoms with Gasteiger partial charge in [-0.05, 0) is 19.3 Å². The summed E-state index contributed by atoms with van der Waals surface area (Å²) in [5, 5.41) is 9.43. The summed E-state index contributed by atoms with van der Waals surface area (Å²) in [7, 11) is 0. The van der Waals surface area contributed by atoms with Crippen molar-refractivity contribution < 1.29 is 4.79 Å². The van der Waals surface area contributed by atoms with Gasteiger partial charge < -0.3 is 5.32 Å². The molecule has 5 nitrogen and oxygen atoms in total. The summed E-state index contributed by atoms with van der Waals surface area (Å²) in [5.74, 6) is 0.325. The van der Waals surface area contributed by atoms with Crippen LogP contribution in [0.2, 0.25) is 5.15 Å². The van der Waals surface area contributed by atoms with E-state index in [1.54, 1.807) is 5.38 Å². The third kappa shape index (κ3) is 2.26. The minimum absolute atomic E-state index is 0.262. The van der Waals surface area contributed by atoms with Crippen LogP contribution in [0.4, 0.5) is 5.82 Å². The average Bonchev–Trinajstić information content (AvgIpc) is 2.94. The maximum atomic E-state index is 11.9. The molecule has 0 bridgehead atoms. The molecule has 0 unspecified atom stereocenters. The van der Waals surface area contributed by atoms with Gasteiger partial charge in [-0.2, -0.15) is 5.10 Å². The predicted octanol–water partition coefficient (Wildman–Crippen LogP) is 2.58. The summed E-state index contributed by atoms with van der Waals surface area (Å²) in [6, 6.07) is 1.92. The highest BCUT2D eigenvalue weighted by Crippen LogP contribution is 2.19. The second-order valence-electron chi connectivity index (χ2n) is 4.13. The van der Waals surface area contributed by atoms with E-state index >= 15 is 0 Å². The van der Waals surface area contributed by atoms with E-state index in [0.717, 1.165) is 19.4 Å². The second-order valence-corrected chi connectivity index (χ2v) is 5.38. The molecule has 18 heavy (non-hydrogen) atoms. The van der Waals surface area contributed by atoms with Crippen molar-refractivity contribution in [1.29, 1.82) is 0 Å². The molecular formula is C11H11ClN4OS. The number of fused-ring (bicyclic) bond motifs is 1. The Morgan fingerprint density at radius 3 is 3.11 bits per heavy atom. The lowest BCUT2D eigenvalue weighted by Gasteiger charge is -2.11. The molecule has 2 aromatic heterocycles. The van der Waals surface area contributed by atoms with Crippen molar-refractivity contribution in [3.8, 4) is 0 Å². The molecule has 1 aliphatic heterocycles. The van der Waals surface area contributed by atoms with Crippen molar-refractivity contribution in [3.63, 3.8) is 0 Å². The summed E-state index contributed by atoms with van der Waals surface area (Å²) >= 11 is 6.91. The number of anilines is 1. The van der Waals surface area contributed by atoms with Crippen molar-refractivity contribution >= 4 is 34.7 Å². The van der Waals surface area contributed by atoms with Gasteiger partial charge in [0.25, 0.3) is 5.91 Å². The molecule has 0 radical (unpaired) electrons. The maximum absolute atomic E-state index is 11.9. The van der Waals surface area contributed by atoms with Crippen LogP contribution in [0.5, 0.6) is 0 Å². The van der Waals surface area contributed by atoms with E-state index in [1.807, 2.05) is 10.7 Å². The highest BCUT2D eigenvalue weighted by Gasteiger charge is 2.16. The summed E-state index contributed by atoms with van der Waals surface area (Å²) in [6.45, 7) is 0.925. The zero-order valence-corrected chi connectivity index (χ0v) is 11.1. The summed E-state index contributed by atoms with van der Waals surface area (Å²) in [5.41, 5.74) is 1.17. The summed E-state index contributed by atoms with van der Waals surface area (Å²) < 4.78 is 1.95. The molecule has 1 N–H and O–H groups in total. The number of rotatable bonds is 2. The van der Waals surface area contributed by atoms with Crippen LogP contribution >= 0.6 is 22.9 Å². The number of aromatic nitrogens is 3. The van der Waals surface area contributed by atoms with Gasteiger partial charge in [0.15, 0.2) is 10.8 Å². The van der Waals surface area contributed by atoms with Gasteiger partial charge in [0.1, 0.15) is 5.15 Å². The normalized spacial score (nSPS) is 14.3. The topological polar surface area (TPSA) is 59.8 Å². The van der Waals surface area contributed by atoms with Crippen LogP contribution in [0.15, 0.2) is 11.4 Å². The van der Waals surface area contributed by atoms with Gasteiger partial charge in [-0.25, -0.2) is 4.98 Å². The van der Waals surface area contributed by atoms with Crippen LogP contribution in [-0.4, -0.2) is 20.7 Å². The van der Waals surface area contributed by atoms with Crippen LogP contribution in [0.25, 0.3) is 0 Å². The Labute approximate surface area is 113 Å². The maximum Gasteiger partial charge on any atom is 0.285 e. The van der Waals surface area contributed by atoms with Gasteiger partial charge in [-0.3, -0.25) is 9.48 Å². The van der Waals surface area contributed by atoms with Gasteiger partial charge >= 0.3 is 0 Å². The molecule has 3 heterocycles. The fourth-order valence-electron chi connectivity index (χ4n) is 2.01. The quantitative estimate of drug-likeness (QED) is 0.921. The molecule has 94 valence electrons. The van der Waals surface area contributed by atoms with Gasteiger partial charge in [0.05, 0.1) is 0 Å². The minimum atomic E-state index is -0.262. The largest absolute Gasteiger partial charge is 0.303 e. The molecule has 0 aliphatic carbocycles. The number of halogens is 1. The van der Waals surface area contributed by atoms with E-state index in [-0.39, 0.29) is 5.91 Å². The van der Waals surface area contributed by atoms with E-state index in [1.165, 1.54) is 23.5 Å². The van der Waals surface area contributed by atoms with Crippen LogP contribution in [0.3, 0.4) is 0 Å². The molecule has 1 amide bonds. The predicted molar refractivity (Wildman–Crippen MR) is 70.2 cm³/mol. The van der Waals surface area contributed by atoms with Gasteiger partial charge in [-0.1, -0.05) is 11.6 Å². The van der Waals surface area contributed by atoms with Crippen molar-refractivity contribution in [2.45, 2.75) is 25.8 Å². The summed E-state index contributed by atoms with van der Waals surface area (Å²) in [4.78, 5) is 15.8. The molecule has 0 fully saturated rings. The number of nitrogens with zero attached hydrogens (tertiary/aromatic N) is 3. The Balaban J connectivity index is 1.76. The van der Waals surface area contributed by atoms with E-state index in [4.69, 9.17) is 11.6 Å². The number of aryl methyl sites for hydroxylation is 2. The molecule has 7 heteroatoms. The zero-order chi connectivity index (χ0) is 12.5. The number of thiazole rings is 1. The van der Waals surface area contributed by atoms with Crippen molar-refractivity contribution in [1.82, 2.24) is 14.8 Å². The number of carbonyl (C=O) groups is 1. The first-order chi connectivity index (χ1) is 8.72. The lowest BCUT2D eigenvalue weighted by Crippen LogP contribution is -2.13. The standard InChI is InChI=1S/C11H11ClN4OS/c12-8-6-18-11(13-8)10(17)14-9-5-7-3-1-2-4-16(7)15-9/h5-6H,1-4H2,(H,14,15,17). The first-order valence-corrected chi connectivity index (χ1v) is 6.97. The molecule has 0 atom stereocenters. The molecule has 0 saturated carbocycles. The Bertz CT molecular complexity index is 568. The second kappa shape index (κ2) is 4.70. The van der Waals surface area contributed by atoms with Crippen LogP contribution in [0, 0.1) is 0 Å². The zero-order valence-electron chi connectivity index (χ0n) is 9.52. The minimum Gasteiger partial charge on any atom is -0.303 e. The van der Waals surface area contributed by atoms with E-state index in [9.17, 15) is 4.79 Å². The SMILES string of the molecule is O=C(Nc1cc2n(n1)CCCC2)c1nc(Cl)cs1. The fourth-order valence-corrected chi connectivity index (χ4v) is 2.85. The smallest absolute Gasteiger partial charge is 0.285 e. The van der Waals surface area contributed by atoms with Crippen LogP contribution in [-0.2, 0) is 13.0 Å². The number of amides is 1. The van der Waals surface area contributed by atoms with Crippen LogP contribution in [0.1, 0.15) is 28.3 Å².